The van der Waals surface area contributed by atoms with Gasteiger partial charge in [0.15, 0.2) is 0 Å². The maximum Gasteiger partial charge on any atom is 0.249 e. The van der Waals surface area contributed by atoms with Gasteiger partial charge in [0.25, 0.3) is 0 Å². The van der Waals surface area contributed by atoms with Gasteiger partial charge in [-0.1, -0.05) is 48.5 Å². The van der Waals surface area contributed by atoms with E-state index in [0.29, 0.717) is 5.56 Å². The summed E-state index contributed by atoms with van der Waals surface area (Å²) in [6.07, 6.45) is 0. The third kappa shape index (κ3) is 2.74. The fraction of sp³-hybridized carbons (Fsp3) is 0. The van der Waals surface area contributed by atoms with Crippen LogP contribution in [-0.4, -0.2) is 5.91 Å². The van der Waals surface area contributed by atoms with E-state index in [1.807, 2.05) is 36.4 Å². The molecule has 0 fully saturated rings. The molecule has 0 radical (unpaired) electrons. The van der Waals surface area contributed by atoms with Crippen LogP contribution in [0.3, 0.4) is 0 Å². The van der Waals surface area contributed by atoms with Crippen molar-refractivity contribution in [3.8, 4) is 22.3 Å². The number of halogens is 1. The summed E-state index contributed by atoms with van der Waals surface area (Å²) >= 11 is 0. The van der Waals surface area contributed by atoms with Gasteiger partial charge in [-0.15, -0.1) is 0 Å². The number of hydrogen-bond acceptors (Lipinski definition) is 1. The van der Waals surface area contributed by atoms with E-state index in [9.17, 15) is 9.18 Å². The molecule has 3 aromatic carbocycles. The van der Waals surface area contributed by atoms with Crippen molar-refractivity contribution in [3.63, 3.8) is 0 Å². The first-order chi connectivity index (χ1) is 10.6. The summed E-state index contributed by atoms with van der Waals surface area (Å²) in [5.74, 6) is -0.721. The molecule has 0 atom stereocenters. The van der Waals surface area contributed by atoms with E-state index >= 15 is 0 Å². The lowest BCUT2D eigenvalue weighted by molar-refractivity contribution is 0.100. The maximum absolute atomic E-state index is 13.0. The Labute approximate surface area is 128 Å². The first-order valence-electron chi connectivity index (χ1n) is 6.90. The van der Waals surface area contributed by atoms with E-state index in [-0.39, 0.29) is 5.82 Å². The summed E-state index contributed by atoms with van der Waals surface area (Å²) in [6, 6.07) is 21.3. The Morgan fingerprint density at radius 2 is 1.45 bits per heavy atom. The van der Waals surface area contributed by atoms with Crippen LogP contribution in [0.2, 0.25) is 0 Å². The Kier molecular flexibility index (Phi) is 3.71. The van der Waals surface area contributed by atoms with Gasteiger partial charge in [-0.3, -0.25) is 4.79 Å². The van der Waals surface area contributed by atoms with Crippen LogP contribution in [0.1, 0.15) is 10.4 Å². The highest BCUT2D eigenvalue weighted by molar-refractivity contribution is 6.00. The molecular formula is C19H14FNO. The van der Waals surface area contributed by atoms with Crippen molar-refractivity contribution in [2.24, 2.45) is 5.73 Å². The number of primary amides is 1. The first kappa shape index (κ1) is 14.0. The molecule has 0 unspecified atom stereocenters. The lowest BCUT2D eigenvalue weighted by atomic mass is 9.96. The Balaban J connectivity index is 2.09. The van der Waals surface area contributed by atoms with Crippen molar-refractivity contribution in [3.05, 3.63) is 84.2 Å². The molecule has 3 aromatic rings. The van der Waals surface area contributed by atoms with E-state index in [2.05, 4.69) is 0 Å². The van der Waals surface area contributed by atoms with Crippen molar-refractivity contribution in [2.75, 3.05) is 0 Å². The Morgan fingerprint density at radius 3 is 2.18 bits per heavy atom. The Morgan fingerprint density at radius 1 is 0.773 bits per heavy atom. The van der Waals surface area contributed by atoms with Crippen molar-refractivity contribution < 1.29 is 9.18 Å². The SMILES string of the molecule is NC(=O)c1ccccc1-c1cccc(-c2ccc(F)cc2)c1. The third-order valence-electron chi connectivity index (χ3n) is 3.54. The highest BCUT2D eigenvalue weighted by Gasteiger charge is 2.09. The first-order valence-corrected chi connectivity index (χ1v) is 6.90. The van der Waals surface area contributed by atoms with Gasteiger partial charge in [0, 0.05) is 5.56 Å². The minimum atomic E-state index is -0.456. The number of carbonyl (C=O) groups excluding carboxylic acids is 1. The van der Waals surface area contributed by atoms with E-state index in [1.54, 1.807) is 24.3 Å². The molecule has 0 spiro atoms. The van der Waals surface area contributed by atoms with Gasteiger partial charge >= 0.3 is 0 Å². The predicted octanol–water partition coefficient (Wildman–Crippen LogP) is 4.26. The van der Waals surface area contributed by atoms with Crippen molar-refractivity contribution in [2.45, 2.75) is 0 Å². The zero-order valence-corrected chi connectivity index (χ0v) is 11.8. The lowest BCUT2D eigenvalue weighted by Crippen LogP contribution is -2.12. The van der Waals surface area contributed by atoms with Gasteiger partial charge in [0.05, 0.1) is 0 Å². The number of nitrogens with two attached hydrogens (primary N) is 1. The molecule has 2 N–H and O–H groups in total. The molecule has 1 amide bonds. The van der Waals surface area contributed by atoms with Gasteiger partial charge in [-0.2, -0.15) is 0 Å². The van der Waals surface area contributed by atoms with Crippen LogP contribution >= 0.6 is 0 Å². The molecule has 0 saturated heterocycles. The highest BCUT2D eigenvalue weighted by Crippen LogP contribution is 2.28. The van der Waals surface area contributed by atoms with Crippen molar-refractivity contribution >= 4 is 5.91 Å². The minimum Gasteiger partial charge on any atom is -0.366 e. The summed E-state index contributed by atoms with van der Waals surface area (Å²) in [5.41, 5.74) is 9.48. The Hall–Kier alpha value is -2.94. The standard InChI is InChI=1S/C19H14FNO/c20-16-10-8-13(9-11-16)14-4-3-5-15(12-14)17-6-1-2-7-18(17)19(21)22/h1-12H,(H2,21,22). The Bertz CT molecular complexity index is 825. The normalized spacial score (nSPS) is 10.4. The molecule has 0 aromatic heterocycles. The number of hydrogen-bond donors (Lipinski definition) is 1. The van der Waals surface area contributed by atoms with Crippen LogP contribution in [0.5, 0.6) is 0 Å². The molecule has 0 bridgehead atoms. The molecule has 108 valence electrons. The summed E-state index contributed by atoms with van der Waals surface area (Å²) in [5, 5.41) is 0. The van der Waals surface area contributed by atoms with E-state index in [1.165, 1.54) is 12.1 Å². The van der Waals surface area contributed by atoms with Crippen molar-refractivity contribution in [1.82, 2.24) is 0 Å². The van der Waals surface area contributed by atoms with Gasteiger partial charge in [0.2, 0.25) is 5.91 Å². The average molecular weight is 291 g/mol. The molecule has 2 nitrogen and oxygen atoms in total. The zero-order valence-electron chi connectivity index (χ0n) is 11.8. The highest BCUT2D eigenvalue weighted by atomic mass is 19.1. The fourth-order valence-corrected chi connectivity index (χ4v) is 2.46. The molecule has 22 heavy (non-hydrogen) atoms. The second-order valence-electron chi connectivity index (χ2n) is 5.00. The molecular weight excluding hydrogens is 277 g/mol. The number of carbonyl (C=O) groups is 1. The van der Waals surface area contributed by atoms with Crippen LogP contribution in [0.15, 0.2) is 72.8 Å². The van der Waals surface area contributed by atoms with E-state index < -0.39 is 5.91 Å². The van der Waals surface area contributed by atoms with Gasteiger partial charge in [0.1, 0.15) is 5.82 Å². The summed E-state index contributed by atoms with van der Waals surface area (Å²) in [6.45, 7) is 0. The molecule has 0 saturated carbocycles. The number of rotatable bonds is 3. The smallest absolute Gasteiger partial charge is 0.249 e. The molecule has 0 aliphatic rings. The molecule has 0 heterocycles. The van der Waals surface area contributed by atoms with Gasteiger partial charge in [-0.25, -0.2) is 4.39 Å². The largest absolute Gasteiger partial charge is 0.366 e. The van der Waals surface area contributed by atoms with Crippen LogP contribution in [0.4, 0.5) is 4.39 Å². The second kappa shape index (κ2) is 5.82. The molecule has 0 aliphatic heterocycles. The maximum atomic E-state index is 13.0. The van der Waals surface area contributed by atoms with E-state index in [4.69, 9.17) is 5.73 Å². The summed E-state index contributed by atoms with van der Waals surface area (Å²) in [4.78, 5) is 11.6. The van der Waals surface area contributed by atoms with Crippen LogP contribution < -0.4 is 5.73 Å². The quantitative estimate of drug-likeness (QED) is 0.770. The van der Waals surface area contributed by atoms with Gasteiger partial charge < -0.3 is 5.73 Å². The van der Waals surface area contributed by atoms with Crippen LogP contribution in [0.25, 0.3) is 22.3 Å². The minimum absolute atomic E-state index is 0.265. The van der Waals surface area contributed by atoms with Gasteiger partial charge in [-0.05, 0) is 46.5 Å². The topological polar surface area (TPSA) is 43.1 Å². The second-order valence-corrected chi connectivity index (χ2v) is 5.00. The van der Waals surface area contributed by atoms with Crippen molar-refractivity contribution in [1.29, 1.82) is 0 Å². The van der Waals surface area contributed by atoms with E-state index in [0.717, 1.165) is 22.3 Å². The number of benzene rings is 3. The zero-order chi connectivity index (χ0) is 15.5. The fourth-order valence-electron chi connectivity index (χ4n) is 2.46. The number of amides is 1. The molecule has 3 rings (SSSR count). The van der Waals surface area contributed by atoms with Crippen LogP contribution in [0, 0.1) is 5.82 Å². The third-order valence-corrected chi connectivity index (χ3v) is 3.54. The average Bonchev–Trinajstić information content (AvgIpc) is 2.55. The summed E-state index contributed by atoms with van der Waals surface area (Å²) in [7, 11) is 0. The lowest BCUT2D eigenvalue weighted by Gasteiger charge is -2.09. The molecule has 3 heteroatoms. The molecule has 0 aliphatic carbocycles. The monoisotopic (exact) mass is 291 g/mol. The predicted molar refractivity (Wildman–Crippen MR) is 85.8 cm³/mol. The van der Waals surface area contributed by atoms with Crippen LogP contribution in [-0.2, 0) is 0 Å². The summed E-state index contributed by atoms with van der Waals surface area (Å²) < 4.78 is 13.0.